The first-order chi connectivity index (χ1) is 12.7. The fourth-order valence-corrected chi connectivity index (χ4v) is 4.27. The summed E-state index contributed by atoms with van der Waals surface area (Å²) >= 11 is 5.98. The number of anilines is 1. The van der Waals surface area contributed by atoms with Crippen LogP contribution in [0.5, 0.6) is 0 Å². The van der Waals surface area contributed by atoms with Crippen LogP contribution in [0, 0.1) is 5.92 Å². The number of hydrogen-bond acceptors (Lipinski definition) is 4. The Morgan fingerprint density at radius 2 is 2.00 bits per heavy atom. The molecular formula is C19H19ClN6. The third-order valence-corrected chi connectivity index (χ3v) is 5.65. The van der Waals surface area contributed by atoms with Gasteiger partial charge in [0.1, 0.15) is 5.82 Å². The van der Waals surface area contributed by atoms with Gasteiger partial charge in [0.2, 0.25) is 0 Å². The third kappa shape index (κ3) is 2.52. The number of fused-ring (bicyclic) bond motifs is 3. The van der Waals surface area contributed by atoms with Crippen molar-refractivity contribution in [2.45, 2.75) is 31.7 Å². The predicted octanol–water partition coefficient (Wildman–Crippen LogP) is 4.25. The maximum atomic E-state index is 5.98. The average Bonchev–Trinajstić information content (AvgIpc) is 3.34. The molecule has 7 heteroatoms. The summed E-state index contributed by atoms with van der Waals surface area (Å²) in [5.41, 5.74) is 3.80. The molecule has 1 aliphatic carbocycles. The van der Waals surface area contributed by atoms with E-state index in [2.05, 4.69) is 36.8 Å². The van der Waals surface area contributed by atoms with E-state index in [9.17, 15) is 0 Å². The predicted molar refractivity (Wildman–Crippen MR) is 103 cm³/mol. The Morgan fingerprint density at radius 3 is 2.85 bits per heavy atom. The molecule has 3 aromatic heterocycles. The molecule has 1 fully saturated rings. The second-order valence-corrected chi connectivity index (χ2v) is 7.56. The van der Waals surface area contributed by atoms with E-state index in [0.717, 1.165) is 46.2 Å². The van der Waals surface area contributed by atoms with Gasteiger partial charge in [-0.3, -0.25) is 4.40 Å². The lowest BCUT2D eigenvalue weighted by molar-refractivity contribution is 0.507. The molecule has 6 nitrogen and oxygen atoms in total. The van der Waals surface area contributed by atoms with Crippen LogP contribution in [0.3, 0.4) is 0 Å². The monoisotopic (exact) mass is 366 g/mol. The number of H-pyrrole nitrogens is 1. The van der Waals surface area contributed by atoms with Gasteiger partial charge in [-0.05, 0) is 49.1 Å². The number of hydrogen-bond donors (Lipinski definition) is 2. The van der Waals surface area contributed by atoms with Gasteiger partial charge in [0.05, 0.1) is 11.7 Å². The largest absolute Gasteiger partial charge is 0.382 e. The van der Waals surface area contributed by atoms with E-state index in [-0.39, 0.29) is 0 Å². The quantitative estimate of drug-likeness (QED) is 0.568. The van der Waals surface area contributed by atoms with Gasteiger partial charge in [-0.1, -0.05) is 18.5 Å². The number of nitrogens with zero attached hydrogens (tertiary/aromatic N) is 4. The SMILES string of the molecule is C[C@@H]1C[C@H](Nc2ccc(Cl)cc2)C[C@@H]1c1nnc2cnc3[nH]ccc3n12. The number of aromatic amines is 1. The number of halogens is 1. The highest BCUT2D eigenvalue weighted by Gasteiger charge is 2.35. The number of rotatable bonds is 3. The van der Waals surface area contributed by atoms with Crippen LogP contribution < -0.4 is 5.32 Å². The molecule has 0 radical (unpaired) electrons. The number of benzene rings is 1. The number of nitrogens with one attached hydrogen (secondary N) is 2. The molecule has 0 unspecified atom stereocenters. The lowest BCUT2D eigenvalue weighted by Crippen LogP contribution is -2.15. The fraction of sp³-hybridized carbons (Fsp3) is 0.316. The van der Waals surface area contributed by atoms with Crippen LogP contribution >= 0.6 is 11.6 Å². The van der Waals surface area contributed by atoms with E-state index in [1.165, 1.54) is 0 Å². The van der Waals surface area contributed by atoms with Crippen molar-refractivity contribution in [2.75, 3.05) is 5.32 Å². The first-order valence-corrected chi connectivity index (χ1v) is 9.26. The zero-order valence-corrected chi connectivity index (χ0v) is 15.1. The molecule has 1 aliphatic rings. The van der Waals surface area contributed by atoms with Crippen LogP contribution in [0.2, 0.25) is 5.02 Å². The smallest absolute Gasteiger partial charge is 0.179 e. The van der Waals surface area contributed by atoms with Gasteiger partial charge in [-0.2, -0.15) is 0 Å². The van der Waals surface area contributed by atoms with Crippen LogP contribution in [0.25, 0.3) is 16.8 Å². The molecule has 3 atom stereocenters. The Kier molecular flexibility index (Phi) is 3.60. The first kappa shape index (κ1) is 15.6. The first-order valence-electron chi connectivity index (χ1n) is 8.88. The van der Waals surface area contributed by atoms with Crippen molar-refractivity contribution in [3.05, 3.63) is 53.6 Å². The summed E-state index contributed by atoms with van der Waals surface area (Å²) in [6.45, 7) is 2.30. The molecule has 0 bridgehead atoms. The molecule has 3 heterocycles. The molecule has 0 amide bonds. The van der Waals surface area contributed by atoms with E-state index in [0.29, 0.717) is 17.9 Å². The standard InChI is InChI=1S/C19H19ClN6/c1-11-8-14(23-13-4-2-12(20)3-5-13)9-15(11)19-25-24-17-10-22-18-16(26(17)19)6-7-21-18/h2-7,10-11,14-15,21,23H,8-9H2,1H3/t11-,14+,15+/m1/s1. The summed E-state index contributed by atoms with van der Waals surface area (Å²) < 4.78 is 2.14. The van der Waals surface area contributed by atoms with Crippen molar-refractivity contribution in [1.29, 1.82) is 0 Å². The molecule has 4 aromatic rings. The number of aromatic nitrogens is 5. The van der Waals surface area contributed by atoms with Gasteiger partial charge in [0.25, 0.3) is 0 Å². The summed E-state index contributed by atoms with van der Waals surface area (Å²) in [6.07, 6.45) is 5.81. The minimum absolute atomic E-state index is 0.357. The summed E-state index contributed by atoms with van der Waals surface area (Å²) in [7, 11) is 0. The zero-order valence-electron chi connectivity index (χ0n) is 14.4. The second-order valence-electron chi connectivity index (χ2n) is 7.12. The minimum atomic E-state index is 0.357. The maximum Gasteiger partial charge on any atom is 0.179 e. The van der Waals surface area contributed by atoms with Gasteiger partial charge in [-0.15, -0.1) is 10.2 Å². The van der Waals surface area contributed by atoms with Crippen molar-refractivity contribution < 1.29 is 0 Å². The molecule has 26 heavy (non-hydrogen) atoms. The normalized spacial score (nSPS) is 23.1. The van der Waals surface area contributed by atoms with Crippen molar-refractivity contribution in [2.24, 2.45) is 5.92 Å². The van der Waals surface area contributed by atoms with E-state index in [4.69, 9.17) is 11.6 Å². The maximum absolute atomic E-state index is 5.98. The molecule has 132 valence electrons. The van der Waals surface area contributed by atoms with Crippen LogP contribution in [-0.2, 0) is 0 Å². The summed E-state index contributed by atoms with van der Waals surface area (Å²) in [6, 6.07) is 10.3. The zero-order chi connectivity index (χ0) is 17.7. The molecular weight excluding hydrogens is 348 g/mol. The molecule has 2 N–H and O–H groups in total. The average molecular weight is 367 g/mol. The van der Waals surface area contributed by atoms with Gasteiger partial charge < -0.3 is 10.3 Å². The molecule has 0 saturated heterocycles. The molecule has 1 saturated carbocycles. The second kappa shape index (κ2) is 5.99. The summed E-state index contributed by atoms with van der Waals surface area (Å²) in [5.74, 6) is 1.91. The Bertz CT molecular complexity index is 1070. The van der Waals surface area contributed by atoms with E-state index >= 15 is 0 Å². The van der Waals surface area contributed by atoms with E-state index in [1.807, 2.05) is 36.5 Å². The van der Waals surface area contributed by atoms with Crippen LogP contribution in [0.4, 0.5) is 5.69 Å². The molecule has 1 aromatic carbocycles. The van der Waals surface area contributed by atoms with Crippen LogP contribution in [0.1, 0.15) is 31.5 Å². The topological polar surface area (TPSA) is 70.9 Å². The summed E-state index contributed by atoms with van der Waals surface area (Å²) in [5, 5.41) is 13.3. The van der Waals surface area contributed by atoms with Crippen molar-refractivity contribution in [3.63, 3.8) is 0 Å². The summed E-state index contributed by atoms with van der Waals surface area (Å²) in [4.78, 5) is 7.57. The van der Waals surface area contributed by atoms with Gasteiger partial charge in [0, 0.05) is 28.9 Å². The van der Waals surface area contributed by atoms with Crippen LogP contribution in [0.15, 0.2) is 42.7 Å². The van der Waals surface area contributed by atoms with Gasteiger partial charge in [0.15, 0.2) is 11.3 Å². The van der Waals surface area contributed by atoms with Crippen molar-refractivity contribution >= 4 is 34.1 Å². The van der Waals surface area contributed by atoms with Gasteiger partial charge in [-0.25, -0.2) is 4.98 Å². The van der Waals surface area contributed by atoms with Gasteiger partial charge >= 0.3 is 0 Å². The third-order valence-electron chi connectivity index (χ3n) is 5.40. The van der Waals surface area contributed by atoms with Crippen LogP contribution in [-0.4, -0.2) is 30.6 Å². The Labute approximate surface area is 155 Å². The fourth-order valence-electron chi connectivity index (χ4n) is 4.15. The highest BCUT2D eigenvalue weighted by molar-refractivity contribution is 6.30. The van der Waals surface area contributed by atoms with E-state index in [1.54, 1.807) is 6.20 Å². The van der Waals surface area contributed by atoms with Crippen molar-refractivity contribution in [3.8, 4) is 0 Å². The highest BCUT2D eigenvalue weighted by Crippen LogP contribution is 2.40. The minimum Gasteiger partial charge on any atom is -0.382 e. The Balaban J connectivity index is 1.46. The molecule has 0 aliphatic heterocycles. The molecule has 0 spiro atoms. The Morgan fingerprint density at radius 1 is 1.15 bits per heavy atom. The Hall–Kier alpha value is -2.60. The lowest BCUT2D eigenvalue weighted by Gasteiger charge is -2.14. The lowest BCUT2D eigenvalue weighted by atomic mass is 9.97. The molecule has 5 rings (SSSR count). The van der Waals surface area contributed by atoms with E-state index < -0.39 is 0 Å². The van der Waals surface area contributed by atoms with Crippen molar-refractivity contribution in [1.82, 2.24) is 24.6 Å². The highest BCUT2D eigenvalue weighted by atomic mass is 35.5.